The molecule has 0 heterocycles. The third-order valence-corrected chi connectivity index (χ3v) is 10.1. The van der Waals surface area contributed by atoms with Crippen molar-refractivity contribution in [1.82, 2.24) is 0 Å². The Hall–Kier alpha value is -3.13. The summed E-state index contributed by atoms with van der Waals surface area (Å²) in [6, 6.07) is 10.6. The first kappa shape index (κ1) is 25.5. The Morgan fingerprint density at radius 2 is 1.78 bits per heavy atom. The molecular weight excluding hydrogens is 460 g/mol. The number of ether oxygens (including phenoxy) is 1. The lowest BCUT2D eigenvalue weighted by molar-refractivity contribution is -0.148. The molecule has 5 rings (SSSR count). The minimum atomic E-state index is -0.627. The fraction of sp³-hybridized carbons (Fsp3) is 0.531. The summed E-state index contributed by atoms with van der Waals surface area (Å²) in [7, 11) is 0. The predicted molar refractivity (Wildman–Crippen MR) is 144 cm³/mol. The van der Waals surface area contributed by atoms with Gasteiger partial charge in [0.05, 0.1) is 0 Å². The molecule has 194 valence electrons. The number of hydrogen-bond donors (Lipinski definition) is 1. The van der Waals surface area contributed by atoms with Crippen LogP contribution in [-0.4, -0.2) is 18.0 Å². The van der Waals surface area contributed by atoms with Crippen molar-refractivity contribution in [2.24, 2.45) is 34.3 Å². The van der Waals surface area contributed by atoms with Crippen molar-refractivity contribution in [1.29, 1.82) is 5.26 Å². The first-order chi connectivity index (χ1) is 17.6. The normalized spacial score (nSPS) is 36.9. The molecule has 1 amide bonds. The Kier molecular flexibility index (Phi) is 6.42. The Bertz CT molecular complexity index is 1260. The summed E-state index contributed by atoms with van der Waals surface area (Å²) in [5, 5.41) is 10.0. The smallest absolute Gasteiger partial charge is 0.302 e. The van der Waals surface area contributed by atoms with Crippen LogP contribution in [0.5, 0.6) is 0 Å². The molecular formula is C32H38N2O3. The van der Waals surface area contributed by atoms with Crippen molar-refractivity contribution in [3.8, 4) is 6.07 Å². The molecule has 0 radical (unpaired) electrons. The highest BCUT2D eigenvalue weighted by Gasteiger charge is 2.59. The van der Waals surface area contributed by atoms with Crippen LogP contribution in [-0.2, 0) is 14.3 Å². The van der Waals surface area contributed by atoms with Gasteiger partial charge in [0.1, 0.15) is 17.7 Å². The minimum absolute atomic E-state index is 0.0129. The van der Waals surface area contributed by atoms with Crippen LogP contribution in [0.2, 0.25) is 0 Å². The second kappa shape index (κ2) is 9.31. The van der Waals surface area contributed by atoms with E-state index in [-0.39, 0.29) is 28.5 Å². The van der Waals surface area contributed by atoms with Crippen LogP contribution in [0.1, 0.15) is 76.8 Å². The molecule has 0 unspecified atom stereocenters. The van der Waals surface area contributed by atoms with Crippen LogP contribution in [0.25, 0.3) is 6.08 Å². The third kappa shape index (κ3) is 4.25. The summed E-state index contributed by atoms with van der Waals surface area (Å²) in [4.78, 5) is 24.0. The van der Waals surface area contributed by atoms with Gasteiger partial charge < -0.3 is 10.5 Å². The Balaban J connectivity index is 1.54. The highest BCUT2D eigenvalue weighted by atomic mass is 16.5. The number of hydrogen-bond acceptors (Lipinski definition) is 4. The van der Waals surface area contributed by atoms with Gasteiger partial charge in [0.25, 0.3) is 5.91 Å². The van der Waals surface area contributed by atoms with Crippen LogP contribution < -0.4 is 5.73 Å². The molecule has 0 aliphatic heterocycles. The number of nitrogens with two attached hydrogens (primary N) is 1. The number of nitriles is 1. The summed E-state index contributed by atoms with van der Waals surface area (Å²) in [6.45, 7) is 8.24. The average Bonchev–Trinajstić information content (AvgIpc) is 3.13. The maximum Gasteiger partial charge on any atom is 0.302 e. The number of rotatable bonds is 3. The third-order valence-electron chi connectivity index (χ3n) is 10.1. The van der Waals surface area contributed by atoms with Crippen LogP contribution >= 0.6 is 0 Å². The van der Waals surface area contributed by atoms with Gasteiger partial charge in [-0.15, -0.1) is 0 Å². The quantitative estimate of drug-likeness (QED) is 0.233. The minimum Gasteiger partial charge on any atom is -0.462 e. The number of carbonyl (C=O) groups is 2. The van der Waals surface area contributed by atoms with E-state index in [0.29, 0.717) is 17.8 Å². The maximum atomic E-state index is 12.5. The van der Waals surface area contributed by atoms with Crippen LogP contribution in [0.15, 0.2) is 52.6 Å². The molecule has 0 saturated heterocycles. The van der Waals surface area contributed by atoms with Gasteiger partial charge in [0.2, 0.25) is 0 Å². The highest BCUT2D eigenvalue weighted by Crippen LogP contribution is 2.67. The number of aryl methyl sites for hydroxylation is 1. The van der Waals surface area contributed by atoms with Gasteiger partial charge in [-0.1, -0.05) is 61.4 Å². The summed E-state index contributed by atoms with van der Waals surface area (Å²) in [6.07, 6.45) is 11.2. The summed E-state index contributed by atoms with van der Waals surface area (Å²) in [5.74, 6) is 0.545. The molecule has 1 aromatic rings. The lowest BCUT2D eigenvalue weighted by Crippen LogP contribution is -2.50. The van der Waals surface area contributed by atoms with E-state index < -0.39 is 5.91 Å². The molecule has 5 nitrogen and oxygen atoms in total. The number of carbonyl (C=O) groups excluding carboxylic acids is 2. The van der Waals surface area contributed by atoms with E-state index in [0.717, 1.165) is 61.7 Å². The SMILES string of the molecule is CC(=O)O[C@H]1CC[C@@]2(C)C(=CC[C@@H]3[C@@H]2CC[C@]2(C)C(=C(/C#N)C(N)=O)/C(=C/c4ccc(C)cc4)C[C@@H]32)C1. The highest BCUT2D eigenvalue weighted by molar-refractivity contribution is 5.98. The zero-order chi connectivity index (χ0) is 26.5. The van der Waals surface area contributed by atoms with Gasteiger partial charge in [-0.2, -0.15) is 5.26 Å². The summed E-state index contributed by atoms with van der Waals surface area (Å²) < 4.78 is 5.59. The van der Waals surface area contributed by atoms with E-state index in [1.54, 1.807) is 0 Å². The molecule has 3 saturated carbocycles. The van der Waals surface area contributed by atoms with Gasteiger partial charge in [-0.25, -0.2) is 0 Å². The van der Waals surface area contributed by atoms with Crippen LogP contribution in [0, 0.1) is 46.8 Å². The van der Waals surface area contributed by atoms with Gasteiger partial charge in [0.15, 0.2) is 0 Å². The summed E-state index contributed by atoms with van der Waals surface area (Å²) in [5.41, 5.74) is 11.5. The van der Waals surface area contributed by atoms with Crippen LogP contribution in [0.4, 0.5) is 0 Å². The Labute approximate surface area is 220 Å². The van der Waals surface area contributed by atoms with Crippen molar-refractivity contribution in [2.45, 2.75) is 78.7 Å². The molecule has 5 heteroatoms. The number of esters is 1. The second-order valence-corrected chi connectivity index (χ2v) is 12.2. The van der Waals surface area contributed by atoms with E-state index in [9.17, 15) is 14.9 Å². The van der Waals surface area contributed by atoms with Crippen molar-refractivity contribution >= 4 is 18.0 Å². The zero-order valence-electron chi connectivity index (χ0n) is 22.5. The van der Waals surface area contributed by atoms with E-state index in [2.05, 4.69) is 63.3 Å². The van der Waals surface area contributed by atoms with Crippen molar-refractivity contribution in [2.75, 3.05) is 0 Å². The van der Waals surface area contributed by atoms with E-state index in [1.807, 2.05) is 0 Å². The molecule has 37 heavy (non-hydrogen) atoms. The number of amides is 1. The van der Waals surface area contributed by atoms with E-state index >= 15 is 0 Å². The number of fused-ring (bicyclic) bond motifs is 5. The fourth-order valence-electron chi connectivity index (χ4n) is 8.35. The first-order valence-electron chi connectivity index (χ1n) is 13.7. The molecule has 0 aromatic heterocycles. The van der Waals surface area contributed by atoms with Crippen molar-refractivity contribution in [3.05, 3.63) is 63.8 Å². The maximum absolute atomic E-state index is 12.5. The second-order valence-electron chi connectivity index (χ2n) is 12.2. The van der Waals surface area contributed by atoms with Crippen molar-refractivity contribution < 1.29 is 14.3 Å². The Morgan fingerprint density at radius 3 is 2.43 bits per heavy atom. The number of primary amides is 1. The van der Waals surface area contributed by atoms with Gasteiger partial charge in [-0.3, -0.25) is 9.59 Å². The van der Waals surface area contributed by atoms with Gasteiger partial charge in [-0.05, 0) is 90.7 Å². The lowest BCUT2D eigenvalue weighted by Gasteiger charge is -2.57. The lowest BCUT2D eigenvalue weighted by atomic mass is 9.47. The van der Waals surface area contributed by atoms with Crippen LogP contribution in [0.3, 0.4) is 0 Å². The van der Waals surface area contributed by atoms with E-state index in [1.165, 1.54) is 18.1 Å². The van der Waals surface area contributed by atoms with Gasteiger partial charge >= 0.3 is 5.97 Å². The predicted octanol–water partition coefficient (Wildman–Crippen LogP) is 6.19. The number of benzene rings is 1. The number of allylic oxidation sites excluding steroid dienone is 3. The molecule has 1 aromatic carbocycles. The molecule has 4 aliphatic rings. The van der Waals surface area contributed by atoms with Gasteiger partial charge in [0, 0.05) is 13.3 Å². The fourth-order valence-corrected chi connectivity index (χ4v) is 8.35. The van der Waals surface area contributed by atoms with E-state index in [4.69, 9.17) is 10.5 Å². The molecule has 6 atom stereocenters. The first-order valence-corrected chi connectivity index (χ1v) is 13.7. The zero-order valence-corrected chi connectivity index (χ0v) is 22.5. The molecule has 0 spiro atoms. The largest absolute Gasteiger partial charge is 0.462 e. The average molecular weight is 499 g/mol. The monoisotopic (exact) mass is 498 g/mol. The Morgan fingerprint density at radius 1 is 1.08 bits per heavy atom. The molecule has 4 aliphatic carbocycles. The standard InChI is InChI=1S/C32H38N2O3/c1-19-5-7-21(8-6-19)15-22-16-28-25-10-9-23-17-24(37-20(2)35)11-13-31(23,3)27(25)12-14-32(28,4)29(22)26(18-33)30(34)36/h5-9,15,24-25,27-28H,10-14,16-17H2,1-4H3,(H2,34,36)/b22-15+,29-26-/t24-,25+,27-,28-,31-,32-/m0/s1. The molecule has 3 fully saturated rings. The van der Waals surface area contributed by atoms with Crippen molar-refractivity contribution in [3.63, 3.8) is 0 Å². The summed E-state index contributed by atoms with van der Waals surface area (Å²) >= 11 is 0. The molecule has 0 bridgehead atoms. The topological polar surface area (TPSA) is 93.2 Å². The number of nitrogens with zero attached hydrogens (tertiary/aromatic N) is 1. The molecule has 2 N–H and O–H groups in total.